The number of sulfonamides is 1. The minimum absolute atomic E-state index is 0.0888. The van der Waals surface area contributed by atoms with Crippen molar-refractivity contribution in [2.75, 3.05) is 11.9 Å². The molecule has 0 fully saturated rings. The van der Waals surface area contributed by atoms with Crippen LogP contribution < -0.4 is 15.4 Å². The lowest BCUT2D eigenvalue weighted by atomic mass is 10.3. The molecule has 1 aromatic heterocycles. The number of carbonyl (C=O) groups is 2. The number of amides is 3. The monoisotopic (exact) mass is 365 g/mol. The van der Waals surface area contributed by atoms with Crippen molar-refractivity contribution < 1.29 is 22.4 Å². The molecule has 3 N–H and O–H groups in total. The van der Waals surface area contributed by atoms with Crippen LogP contribution in [-0.2, 0) is 10.0 Å². The van der Waals surface area contributed by atoms with Crippen LogP contribution in [0.3, 0.4) is 0 Å². The van der Waals surface area contributed by atoms with E-state index in [1.165, 1.54) is 36.6 Å². The first-order valence-corrected chi connectivity index (χ1v) is 9.16. The number of nitrogens with one attached hydrogen (secondary N) is 3. The summed E-state index contributed by atoms with van der Waals surface area (Å²) in [6, 6.07) is 7.74. The standard InChI is InChI=1S/C16H19N3O5S/c1-2-3-10-17-16(21)19-25(22,23)13-8-6-12(7-9-13)18-15(20)14-5-4-11-24-14/h4-9,11H,2-3,10H2,1H3,(H,18,20)(H2,17,19,21). The summed E-state index contributed by atoms with van der Waals surface area (Å²) in [7, 11) is -3.98. The van der Waals surface area contributed by atoms with Crippen molar-refractivity contribution in [1.82, 2.24) is 10.0 Å². The van der Waals surface area contributed by atoms with Gasteiger partial charge in [0, 0.05) is 12.2 Å². The van der Waals surface area contributed by atoms with E-state index in [1.807, 2.05) is 11.6 Å². The molecular formula is C16H19N3O5S. The number of urea groups is 1. The Morgan fingerprint density at radius 1 is 1.12 bits per heavy atom. The van der Waals surface area contributed by atoms with Crippen LogP contribution in [-0.4, -0.2) is 26.9 Å². The van der Waals surface area contributed by atoms with Gasteiger partial charge in [-0.05, 0) is 42.8 Å². The lowest BCUT2D eigenvalue weighted by molar-refractivity contribution is 0.0996. The number of hydrogen-bond donors (Lipinski definition) is 3. The number of unbranched alkanes of at least 4 members (excludes halogenated alkanes) is 1. The predicted octanol–water partition coefficient (Wildman–Crippen LogP) is 2.32. The summed E-state index contributed by atoms with van der Waals surface area (Å²) >= 11 is 0. The zero-order valence-corrected chi connectivity index (χ0v) is 14.4. The normalized spacial score (nSPS) is 10.9. The van der Waals surface area contributed by atoms with Crippen molar-refractivity contribution in [1.29, 1.82) is 0 Å². The van der Waals surface area contributed by atoms with Gasteiger partial charge in [-0.15, -0.1) is 0 Å². The van der Waals surface area contributed by atoms with Gasteiger partial charge in [-0.2, -0.15) is 0 Å². The van der Waals surface area contributed by atoms with E-state index in [4.69, 9.17) is 4.42 Å². The Morgan fingerprint density at radius 3 is 2.44 bits per heavy atom. The molecule has 9 heteroatoms. The van der Waals surface area contributed by atoms with Gasteiger partial charge in [0.25, 0.3) is 15.9 Å². The first-order valence-electron chi connectivity index (χ1n) is 7.68. The minimum atomic E-state index is -3.98. The molecule has 0 saturated heterocycles. The second-order valence-corrected chi connectivity index (χ2v) is 6.85. The maximum absolute atomic E-state index is 12.1. The lowest BCUT2D eigenvalue weighted by Crippen LogP contribution is -2.39. The van der Waals surface area contributed by atoms with Crippen LogP contribution in [0.2, 0.25) is 0 Å². The molecule has 0 saturated carbocycles. The van der Waals surface area contributed by atoms with E-state index in [0.717, 1.165) is 12.8 Å². The maximum Gasteiger partial charge on any atom is 0.328 e. The molecule has 0 unspecified atom stereocenters. The Labute approximate surface area is 145 Å². The van der Waals surface area contributed by atoms with E-state index in [-0.39, 0.29) is 10.7 Å². The van der Waals surface area contributed by atoms with Crippen LogP contribution in [0, 0.1) is 0 Å². The molecule has 3 amide bonds. The number of hydrogen-bond acceptors (Lipinski definition) is 5. The van der Waals surface area contributed by atoms with Crippen LogP contribution >= 0.6 is 0 Å². The fraction of sp³-hybridized carbons (Fsp3) is 0.250. The second-order valence-electron chi connectivity index (χ2n) is 5.17. The summed E-state index contributed by atoms with van der Waals surface area (Å²) in [6.07, 6.45) is 3.03. The fourth-order valence-corrected chi connectivity index (χ4v) is 2.84. The zero-order chi connectivity index (χ0) is 18.3. The van der Waals surface area contributed by atoms with Gasteiger partial charge in [-0.1, -0.05) is 13.3 Å². The van der Waals surface area contributed by atoms with Crippen molar-refractivity contribution in [2.24, 2.45) is 0 Å². The van der Waals surface area contributed by atoms with Crippen molar-refractivity contribution in [2.45, 2.75) is 24.7 Å². The average molecular weight is 365 g/mol. The highest BCUT2D eigenvalue weighted by molar-refractivity contribution is 7.90. The lowest BCUT2D eigenvalue weighted by Gasteiger charge is -2.09. The third-order valence-corrected chi connectivity index (χ3v) is 4.56. The summed E-state index contributed by atoms with van der Waals surface area (Å²) in [6.45, 7) is 2.36. The Kier molecular flexibility index (Phi) is 6.18. The summed E-state index contributed by atoms with van der Waals surface area (Å²) in [4.78, 5) is 23.3. The molecule has 8 nitrogen and oxygen atoms in total. The van der Waals surface area contributed by atoms with Gasteiger partial charge < -0.3 is 15.1 Å². The predicted molar refractivity (Wildman–Crippen MR) is 91.7 cm³/mol. The topological polar surface area (TPSA) is 118 Å². The van der Waals surface area contributed by atoms with Gasteiger partial charge in [0.2, 0.25) is 0 Å². The molecule has 1 aromatic carbocycles. The van der Waals surface area contributed by atoms with E-state index in [1.54, 1.807) is 6.07 Å². The van der Waals surface area contributed by atoms with Crippen LogP contribution in [0.1, 0.15) is 30.3 Å². The highest BCUT2D eigenvalue weighted by Gasteiger charge is 2.17. The SMILES string of the molecule is CCCCNC(=O)NS(=O)(=O)c1ccc(NC(=O)c2ccco2)cc1. The maximum atomic E-state index is 12.1. The van der Waals surface area contributed by atoms with Gasteiger partial charge in [0.1, 0.15) is 0 Å². The summed E-state index contributed by atoms with van der Waals surface area (Å²) < 4.78 is 31.1. The molecule has 0 radical (unpaired) electrons. The van der Waals surface area contributed by atoms with Crippen molar-refractivity contribution in [3.05, 3.63) is 48.4 Å². The van der Waals surface area contributed by atoms with E-state index in [0.29, 0.717) is 12.2 Å². The smallest absolute Gasteiger partial charge is 0.328 e. The zero-order valence-electron chi connectivity index (χ0n) is 13.6. The quantitative estimate of drug-likeness (QED) is 0.651. The molecule has 0 bridgehead atoms. The first-order chi connectivity index (χ1) is 11.9. The van der Waals surface area contributed by atoms with E-state index < -0.39 is 22.0 Å². The Hall–Kier alpha value is -2.81. The Morgan fingerprint density at radius 2 is 1.84 bits per heavy atom. The summed E-state index contributed by atoms with van der Waals surface area (Å²) in [5.41, 5.74) is 0.396. The second kappa shape index (κ2) is 8.34. The number of anilines is 1. The molecule has 0 aliphatic heterocycles. The Balaban J connectivity index is 1.98. The molecule has 0 spiro atoms. The molecule has 2 aromatic rings. The van der Waals surface area contributed by atoms with Crippen LogP contribution in [0.25, 0.3) is 0 Å². The summed E-state index contributed by atoms with van der Waals surface area (Å²) in [5, 5.41) is 5.04. The molecule has 0 aliphatic carbocycles. The molecular weight excluding hydrogens is 346 g/mol. The van der Waals surface area contributed by atoms with Crippen LogP contribution in [0.5, 0.6) is 0 Å². The third kappa shape index (κ3) is 5.35. The Bertz CT molecular complexity index is 814. The molecule has 2 rings (SSSR count). The van der Waals surface area contributed by atoms with Gasteiger partial charge in [0.05, 0.1) is 11.2 Å². The number of furan rings is 1. The molecule has 0 atom stereocenters. The van der Waals surface area contributed by atoms with Gasteiger partial charge in [0.15, 0.2) is 5.76 Å². The van der Waals surface area contributed by atoms with E-state index >= 15 is 0 Å². The largest absolute Gasteiger partial charge is 0.459 e. The van der Waals surface area contributed by atoms with Crippen molar-refractivity contribution in [3.63, 3.8) is 0 Å². The van der Waals surface area contributed by atoms with Gasteiger partial charge in [-0.3, -0.25) is 4.79 Å². The average Bonchev–Trinajstić information content (AvgIpc) is 3.10. The number of carbonyl (C=O) groups excluding carboxylic acids is 2. The fourth-order valence-electron chi connectivity index (χ4n) is 1.91. The van der Waals surface area contributed by atoms with Crippen molar-refractivity contribution in [3.8, 4) is 0 Å². The van der Waals surface area contributed by atoms with Crippen molar-refractivity contribution >= 4 is 27.6 Å². The number of benzene rings is 1. The molecule has 1 heterocycles. The van der Waals surface area contributed by atoms with Crippen LogP contribution in [0.15, 0.2) is 52.0 Å². The highest BCUT2D eigenvalue weighted by atomic mass is 32.2. The first kappa shape index (κ1) is 18.5. The molecule has 0 aliphatic rings. The molecule has 134 valence electrons. The number of rotatable bonds is 7. The van der Waals surface area contributed by atoms with E-state index in [9.17, 15) is 18.0 Å². The highest BCUT2D eigenvalue weighted by Crippen LogP contribution is 2.15. The van der Waals surface area contributed by atoms with Gasteiger partial charge in [-0.25, -0.2) is 17.9 Å². The van der Waals surface area contributed by atoms with E-state index in [2.05, 4.69) is 10.6 Å². The summed E-state index contributed by atoms with van der Waals surface area (Å²) in [5.74, 6) is -0.309. The molecule has 25 heavy (non-hydrogen) atoms. The minimum Gasteiger partial charge on any atom is -0.459 e. The third-order valence-electron chi connectivity index (χ3n) is 3.21. The van der Waals surface area contributed by atoms with Gasteiger partial charge >= 0.3 is 6.03 Å². The van der Waals surface area contributed by atoms with Crippen LogP contribution in [0.4, 0.5) is 10.5 Å².